The van der Waals surface area contributed by atoms with Crippen molar-refractivity contribution in [3.63, 3.8) is 0 Å². The maximum Gasteiger partial charge on any atom is 0.270 e. The van der Waals surface area contributed by atoms with Gasteiger partial charge in [0.15, 0.2) is 5.69 Å². The van der Waals surface area contributed by atoms with E-state index in [0.717, 1.165) is 16.9 Å². The number of carbonyl (C=O) groups excluding carboxylic acids is 2. The molecule has 0 unspecified atom stereocenters. The Morgan fingerprint density at radius 3 is 2.81 bits per heavy atom. The van der Waals surface area contributed by atoms with Crippen LogP contribution in [0.15, 0.2) is 24.3 Å². The predicted octanol–water partition coefficient (Wildman–Crippen LogP) is 0.680. The summed E-state index contributed by atoms with van der Waals surface area (Å²) in [6.07, 6.45) is 0. The van der Waals surface area contributed by atoms with Crippen LogP contribution in [-0.2, 0) is 4.79 Å². The van der Waals surface area contributed by atoms with Crippen molar-refractivity contribution in [3.8, 4) is 22.4 Å². The molecule has 1 aliphatic heterocycles. The highest BCUT2D eigenvalue weighted by molar-refractivity contribution is 7.19. The number of piperidine rings is 1. The lowest BCUT2D eigenvalue weighted by Gasteiger charge is -2.21. The molecule has 2 fully saturated rings. The van der Waals surface area contributed by atoms with Gasteiger partial charge in [0.1, 0.15) is 10.0 Å². The van der Waals surface area contributed by atoms with Crippen molar-refractivity contribution in [1.82, 2.24) is 9.88 Å². The zero-order valence-electron chi connectivity index (χ0n) is 14.8. The Morgan fingerprint density at radius 1 is 1.44 bits per heavy atom. The second-order valence-electron chi connectivity index (χ2n) is 6.98. The van der Waals surface area contributed by atoms with Gasteiger partial charge in [-0.15, -0.1) is 0 Å². The van der Waals surface area contributed by atoms with Crippen LogP contribution in [0.1, 0.15) is 23.0 Å². The lowest BCUT2D eigenvalue weighted by atomic mass is 9.96. The summed E-state index contributed by atoms with van der Waals surface area (Å²) in [7, 11) is 1.70. The van der Waals surface area contributed by atoms with Crippen LogP contribution in [0.3, 0.4) is 0 Å². The molecule has 8 heteroatoms. The van der Waals surface area contributed by atoms with Gasteiger partial charge in [-0.25, -0.2) is 4.98 Å². The van der Waals surface area contributed by atoms with Crippen molar-refractivity contribution in [2.45, 2.75) is 18.6 Å². The molecule has 5 N–H and O–H groups in total. The van der Waals surface area contributed by atoms with Crippen LogP contribution in [0.4, 0.5) is 5.00 Å². The fourth-order valence-corrected chi connectivity index (χ4v) is 4.71. The number of likely N-dealkylation sites (N-methyl/N-ethyl adjacent to an activating group) is 1. The first kappa shape index (κ1) is 17.5. The number of hydrogen-bond acceptors (Lipinski definition) is 6. The van der Waals surface area contributed by atoms with Gasteiger partial charge < -0.3 is 21.5 Å². The SMILES string of the molecule is C[C@H]1[C@@H]2[C@H]1[C@@](O)(C#Cc1cccc(-c3nc(C(N)=O)c(N)s3)c1)C(=O)N2C. The number of nitrogens with two attached hydrogens (primary N) is 2. The number of nitrogens with zero attached hydrogens (tertiary/aromatic N) is 2. The fraction of sp³-hybridized carbons (Fsp3) is 0.316. The number of rotatable bonds is 2. The molecule has 0 bridgehead atoms. The summed E-state index contributed by atoms with van der Waals surface area (Å²) in [4.78, 5) is 29.4. The van der Waals surface area contributed by atoms with Crippen LogP contribution >= 0.6 is 11.3 Å². The third kappa shape index (κ3) is 2.59. The van der Waals surface area contributed by atoms with Crippen molar-refractivity contribution < 1.29 is 14.7 Å². The number of hydrogen-bond donors (Lipinski definition) is 3. The minimum Gasteiger partial charge on any atom is -0.389 e. The van der Waals surface area contributed by atoms with Crippen LogP contribution in [0, 0.1) is 23.7 Å². The maximum absolute atomic E-state index is 12.3. The lowest BCUT2D eigenvalue weighted by Crippen LogP contribution is -2.43. The molecule has 1 saturated heterocycles. The molecule has 4 atom stereocenters. The molecule has 2 amide bonds. The number of amides is 2. The van der Waals surface area contributed by atoms with Crippen LogP contribution in [0.5, 0.6) is 0 Å². The van der Waals surface area contributed by atoms with Gasteiger partial charge in [-0.1, -0.05) is 42.2 Å². The molecular weight excluding hydrogens is 364 g/mol. The Labute approximate surface area is 160 Å². The van der Waals surface area contributed by atoms with Gasteiger partial charge in [0, 0.05) is 30.1 Å². The Morgan fingerprint density at radius 2 is 2.19 bits per heavy atom. The molecule has 138 valence electrons. The number of primary amides is 1. The van der Waals surface area contributed by atoms with Gasteiger partial charge in [-0.05, 0) is 18.1 Å². The molecule has 2 heterocycles. The van der Waals surface area contributed by atoms with E-state index in [1.165, 1.54) is 0 Å². The number of fused-ring (bicyclic) bond motifs is 1. The van der Waals surface area contributed by atoms with E-state index in [2.05, 4.69) is 16.8 Å². The van der Waals surface area contributed by atoms with E-state index >= 15 is 0 Å². The van der Waals surface area contributed by atoms with Crippen molar-refractivity contribution >= 4 is 28.2 Å². The van der Waals surface area contributed by atoms with E-state index < -0.39 is 11.5 Å². The number of anilines is 1. The van der Waals surface area contributed by atoms with E-state index in [-0.39, 0.29) is 34.5 Å². The van der Waals surface area contributed by atoms with Gasteiger partial charge in [-0.2, -0.15) is 0 Å². The second kappa shape index (κ2) is 5.81. The average molecular weight is 382 g/mol. The molecule has 1 aliphatic carbocycles. The van der Waals surface area contributed by atoms with E-state index in [0.29, 0.717) is 10.6 Å². The second-order valence-corrected chi connectivity index (χ2v) is 8.02. The van der Waals surface area contributed by atoms with E-state index in [1.807, 2.05) is 13.0 Å². The quantitative estimate of drug-likeness (QED) is 0.659. The zero-order valence-corrected chi connectivity index (χ0v) is 15.6. The molecule has 2 aromatic rings. The Bertz CT molecular complexity index is 1040. The largest absolute Gasteiger partial charge is 0.389 e. The summed E-state index contributed by atoms with van der Waals surface area (Å²) in [6.45, 7) is 2.01. The molecule has 1 aromatic carbocycles. The topological polar surface area (TPSA) is 123 Å². The number of carbonyl (C=O) groups is 2. The fourth-order valence-electron chi connectivity index (χ4n) is 3.88. The summed E-state index contributed by atoms with van der Waals surface area (Å²) >= 11 is 1.16. The first-order valence-electron chi connectivity index (χ1n) is 8.43. The first-order chi connectivity index (χ1) is 12.7. The third-order valence-corrected chi connectivity index (χ3v) is 6.24. The van der Waals surface area contributed by atoms with Crippen LogP contribution in [-0.4, -0.2) is 45.5 Å². The highest BCUT2D eigenvalue weighted by atomic mass is 32.1. The molecule has 4 rings (SSSR count). The van der Waals surface area contributed by atoms with Gasteiger partial charge in [-0.3, -0.25) is 9.59 Å². The Hall–Kier alpha value is -2.89. The molecule has 2 aliphatic rings. The van der Waals surface area contributed by atoms with Crippen LogP contribution in [0.25, 0.3) is 10.6 Å². The summed E-state index contributed by atoms with van der Waals surface area (Å²) in [5.74, 6) is 4.77. The van der Waals surface area contributed by atoms with Crippen molar-refractivity contribution in [3.05, 3.63) is 35.5 Å². The molecule has 1 aromatic heterocycles. The minimum absolute atomic E-state index is 0.0501. The monoisotopic (exact) mass is 382 g/mol. The predicted molar refractivity (Wildman–Crippen MR) is 102 cm³/mol. The Balaban J connectivity index is 1.65. The number of aliphatic hydroxyl groups is 1. The van der Waals surface area contributed by atoms with Crippen LogP contribution < -0.4 is 11.5 Å². The van der Waals surface area contributed by atoms with Gasteiger partial charge in [0.25, 0.3) is 11.8 Å². The van der Waals surface area contributed by atoms with Crippen molar-refractivity contribution in [2.24, 2.45) is 17.6 Å². The van der Waals surface area contributed by atoms with Gasteiger partial charge in [0.05, 0.1) is 0 Å². The Kier molecular flexibility index (Phi) is 3.77. The van der Waals surface area contributed by atoms with E-state index in [1.54, 1.807) is 30.1 Å². The third-order valence-electron chi connectivity index (χ3n) is 5.30. The molecule has 0 radical (unpaired) electrons. The summed E-state index contributed by atoms with van der Waals surface area (Å²) in [5, 5.41) is 11.6. The normalized spacial score (nSPS) is 28.5. The average Bonchev–Trinajstić information content (AvgIpc) is 3.07. The molecular formula is C19H18N4O3S. The van der Waals surface area contributed by atoms with E-state index in [9.17, 15) is 14.7 Å². The first-order valence-corrected chi connectivity index (χ1v) is 9.25. The van der Waals surface area contributed by atoms with Gasteiger partial charge >= 0.3 is 0 Å². The van der Waals surface area contributed by atoms with Crippen molar-refractivity contribution in [2.75, 3.05) is 12.8 Å². The summed E-state index contributed by atoms with van der Waals surface area (Å²) in [6, 6.07) is 7.22. The number of thiazole rings is 1. The lowest BCUT2D eigenvalue weighted by molar-refractivity contribution is -0.141. The van der Waals surface area contributed by atoms with Crippen molar-refractivity contribution in [1.29, 1.82) is 0 Å². The smallest absolute Gasteiger partial charge is 0.270 e. The summed E-state index contributed by atoms with van der Waals surface area (Å²) in [5.41, 5.74) is 10.8. The molecule has 27 heavy (non-hydrogen) atoms. The number of benzene rings is 1. The number of nitrogen functional groups attached to an aromatic ring is 1. The van der Waals surface area contributed by atoms with Gasteiger partial charge in [0.2, 0.25) is 5.60 Å². The molecule has 1 saturated carbocycles. The molecule has 7 nitrogen and oxygen atoms in total. The minimum atomic E-state index is -1.64. The van der Waals surface area contributed by atoms with E-state index in [4.69, 9.17) is 11.5 Å². The summed E-state index contributed by atoms with van der Waals surface area (Å²) < 4.78 is 0. The zero-order chi connectivity index (χ0) is 19.5. The molecule has 0 spiro atoms. The van der Waals surface area contributed by atoms with Crippen LogP contribution in [0.2, 0.25) is 0 Å². The number of likely N-dealkylation sites (tertiary alicyclic amines) is 1. The standard InChI is InChI=1S/C19H18N4O3S/c1-9-12-14(9)23(2)18(25)19(12,26)7-6-10-4-3-5-11(8-10)17-22-13(15(20)24)16(21)27-17/h3-5,8-9,12,14,26H,21H2,1-2H3,(H2,20,24)/t9-,12+,14-,19+/m1/s1. The number of aromatic nitrogens is 1. The highest BCUT2D eigenvalue weighted by Gasteiger charge is 2.70. The highest BCUT2D eigenvalue weighted by Crippen LogP contribution is 2.55. The maximum atomic E-state index is 12.3.